The molecule has 0 aromatic carbocycles. The molecule has 0 saturated heterocycles. The highest BCUT2D eigenvalue weighted by Crippen LogP contribution is 1.97. The molecule has 3 nitrogen and oxygen atoms in total. The van der Waals surface area contributed by atoms with Crippen LogP contribution in [0.4, 0.5) is 4.79 Å². The minimum absolute atomic E-state index is 0.119. The third kappa shape index (κ3) is 4.85. The van der Waals surface area contributed by atoms with Crippen molar-refractivity contribution in [2.75, 3.05) is 7.05 Å². The maximum absolute atomic E-state index is 10.5. The molecule has 72 valence electrons. The molecule has 0 spiro atoms. The van der Waals surface area contributed by atoms with E-state index in [0.717, 1.165) is 0 Å². The second-order valence-electron chi connectivity index (χ2n) is 2.64. The first kappa shape index (κ1) is 11.5. The molecule has 0 rings (SSSR count). The first-order valence-electron chi connectivity index (χ1n) is 4.01. The maximum atomic E-state index is 10.5. The molecule has 0 radical (unpaired) electrons. The Hall–Kier alpha value is -1.51. The van der Waals surface area contributed by atoms with E-state index < -0.39 is 6.09 Å². The monoisotopic (exact) mass is 181 g/mol. The summed E-state index contributed by atoms with van der Waals surface area (Å²) in [7, 11) is 1.54. The minimum Gasteiger partial charge on any atom is -0.465 e. The third-order valence-electron chi connectivity index (χ3n) is 1.66. The molecule has 13 heavy (non-hydrogen) atoms. The second-order valence-corrected chi connectivity index (χ2v) is 2.64. The Morgan fingerprint density at radius 2 is 2.08 bits per heavy atom. The molecule has 1 amide bonds. The summed E-state index contributed by atoms with van der Waals surface area (Å²) in [5.74, 6) is 0. The van der Waals surface area contributed by atoms with Crippen molar-refractivity contribution in [3.05, 3.63) is 37.0 Å². The van der Waals surface area contributed by atoms with Crippen LogP contribution in [0, 0.1) is 0 Å². The molecule has 0 aromatic rings. The van der Waals surface area contributed by atoms with Crippen molar-refractivity contribution in [2.45, 2.75) is 13.0 Å². The number of allylic oxidation sites excluding steroid dienone is 4. The van der Waals surface area contributed by atoms with Crippen molar-refractivity contribution in [1.29, 1.82) is 0 Å². The lowest BCUT2D eigenvalue weighted by molar-refractivity contribution is 0.149. The van der Waals surface area contributed by atoms with Gasteiger partial charge in [-0.2, -0.15) is 0 Å². The fourth-order valence-electron chi connectivity index (χ4n) is 0.671. The second kappa shape index (κ2) is 6.06. The number of amides is 1. The van der Waals surface area contributed by atoms with Crippen molar-refractivity contribution in [3.8, 4) is 0 Å². The van der Waals surface area contributed by atoms with Crippen LogP contribution >= 0.6 is 0 Å². The molecular weight excluding hydrogens is 166 g/mol. The van der Waals surface area contributed by atoms with Gasteiger partial charge < -0.3 is 10.0 Å². The molecule has 0 aliphatic carbocycles. The Bertz CT molecular complexity index is 231. The predicted octanol–water partition coefficient (Wildman–Crippen LogP) is 2.28. The van der Waals surface area contributed by atoms with Crippen molar-refractivity contribution in [2.24, 2.45) is 0 Å². The SMILES string of the molecule is C=CC=CC=CC(C)N(C)C(=O)O. The van der Waals surface area contributed by atoms with Crippen LogP contribution in [0.15, 0.2) is 37.0 Å². The molecule has 1 unspecified atom stereocenters. The lowest BCUT2D eigenvalue weighted by Crippen LogP contribution is -2.32. The van der Waals surface area contributed by atoms with E-state index in [4.69, 9.17) is 5.11 Å². The molecule has 0 bridgehead atoms. The van der Waals surface area contributed by atoms with Crippen molar-refractivity contribution >= 4 is 6.09 Å². The molecule has 0 fully saturated rings. The molecule has 0 aromatic heterocycles. The van der Waals surface area contributed by atoms with E-state index in [0.29, 0.717) is 0 Å². The van der Waals surface area contributed by atoms with Crippen molar-refractivity contribution < 1.29 is 9.90 Å². The highest BCUT2D eigenvalue weighted by molar-refractivity contribution is 5.65. The molecule has 1 N–H and O–H groups in total. The molecule has 1 atom stereocenters. The van der Waals surface area contributed by atoms with E-state index in [1.54, 1.807) is 30.4 Å². The van der Waals surface area contributed by atoms with Gasteiger partial charge in [0.15, 0.2) is 0 Å². The average Bonchev–Trinajstić information content (AvgIpc) is 2.10. The van der Waals surface area contributed by atoms with Gasteiger partial charge in [0, 0.05) is 7.05 Å². The largest absolute Gasteiger partial charge is 0.465 e. The van der Waals surface area contributed by atoms with E-state index in [1.165, 1.54) is 11.9 Å². The fraction of sp³-hybridized carbons (Fsp3) is 0.300. The van der Waals surface area contributed by atoms with Gasteiger partial charge in [-0.1, -0.05) is 37.0 Å². The first-order chi connectivity index (χ1) is 6.09. The number of nitrogens with zero attached hydrogens (tertiary/aromatic N) is 1. The zero-order valence-corrected chi connectivity index (χ0v) is 7.97. The van der Waals surface area contributed by atoms with E-state index in [-0.39, 0.29) is 6.04 Å². The standard InChI is InChI=1S/C10H15NO2/c1-4-5-6-7-8-9(2)11(3)10(12)13/h4-9H,1H2,2-3H3,(H,12,13). The molecule has 3 heteroatoms. The Morgan fingerprint density at radius 3 is 2.54 bits per heavy atom. The first-order valence-corrected chi connectivity index (χ1v) is 4.01. The summed E-state index contributed by atoms with van der Waals surface area (Å²) in [6.45, 7) is 5.33. The summed E-state index contributed by atoms with van der Waals surface area (Å²) >= 11 is 0. The number of rotatable bonds is 4. The number of carboxylic acid groups (broad SMARTS) is 1. The van der Waals surface area contributed by atoms with E-state index in [9.17, 15) is 4.79 Å². The van der Waals surface area contributed by atoms with Crippen molar-refractivity contribution in [1.82, 2.24) is 4.90 Å². The average molecular weight is 181 g/mol. The molecule has 0 saturated carbocycles. The zero-order valence-electron chi connectivity index (χ0n) is 7.97. The summed E-state index contributed by atoms with van der Waals surface area (Å²) in [6.07, 6.45) is 7.92. The Balaban J connectivity index is 4.05. The van der Waals surface area contributed by atoms with Crippen molar-refractivity contribution in [3.63, 3.8) is 0 Å². The zero-order chi connectivity index (χ0) is 10.3. The van der Waals surface area contributed by atoms with Crippen LogP contribution in [-0.2, 0) is 0 Å². The van der Waals surface area contributed by atoms with Crippen LogP contribution < -0.4 is 0 Å². The number of likely N-dealkylation sites (N-methyl/N-ethyl adjacent to an activating group) is 1. The third-order valence-corrected chi connectivity index (χ3v) is 1.66. The van der Waals surface area contributed by atoms with Gasteiger partial charge in [-0.25, -0.2) is 4.79 Å². The van der Waals surface area contributed by atoms with Gasteiger partial charge in [-0.15, -0.1) is 0 Å². The minimum atomic E-state index is -0.926. The smallest absolute Gasteiger partial charge is 0.407 e. The quantitative estimate of drug-likeness (QED) is 0.676. The van der Waals surface area contributed by atoms with Gasteiger partial charge >= 0.3 is 6.09 Å². The van der Waals surface area contributed by atoms with Gasteiger partial charge in [0.1, 0.15) is 0 Å². The summed E-state index contributed by atoms with van der Waals surface area (Å²) in [5, 5.41) is 8.61. The normalized spacial score (nSPS) is 13.4. The topological polar surface area (TPSA) is 40.5 Å². The van der Waals surface area contributed by atoms with Gasteiger partial charge in [0.25, 0.3) is 0 Å². The lowest BCUT2D eigenvalue weighted by atomic mass is 10.3. The van der Waals surface area contributed by atoms with Crippen LogP contribution in [0.3, 0.4) is 0 Å². The Kier molecular flexibility index (Phi) is 5.35. The van der Waals surface area contributed by atoms with E-state index >= 15 is 0 Å². The highest BCUT2D eigenvalue weighted by Gasteiger charge is 2.09. The van der Waals surface area contributed by atoms with Crippen LogP contribution in [0.1, 0.15) is 6.92 Å². The summed E-state index contributed by atoms with van der Waals surface area (Å²) < 4.78 is 0. The number of carbonyl (C=O) groups is 1. The van der Waals surface area contributed by atoms with Gasteiger partial charge in [-0.3, -0.25) is 0 Å². The summed E-state index contributed by atoms with van der Waals surface area (Å²) in [5.41, 5.74) is 0. The predicted molar refractivity (Wildman–Crippen MR) is 53.7 cm³/mol. The molecule has 0 aliphatic heterocycles. The maximum Gasteiger partial charge on any atom is 0.407 e. The summed E-state index contributed by atoms with van der Waals surface area (Å²) in [4.78, 5) is 11.7. The van der Waals surface area contributed by atoms with Crippen LogP contribution in [0.5, 0.6) is 0 Å². The Morgan fingerprint density at radius 1 is 1.46 bits per heavy atom. The van der Waals surface area contributed by atoms with Gasteiger partial charge in [0.05, 0.1) is 6.04 Å². The van der Waals surface area contributed by atoms with E-state index in [2.05, 4.69) is 6.58 Å². The van der Waals surface area contributed by atoms with Crippen LogP contribution in [-0.4, -0.2) is 29.2 Å². The number of hydrogen-bond donors (Lipinski definition) is 1. The summed E-state index contributed by atoms with van der Waals surface area (Å²) in [6, 6.07) is -0.119. The van der Waals surface area contributed by atoms with Gasteiger partial charge in [0.2, 0.25) is 0 Å². The van der Waals surface area contributed by atoms with Crippen LogP contribution in [0.25, 0.3) is 0 Å². The van der Waals surface area contributed by atoms with E-state index in [1.807, 2.05) is 6.92 Å². The molecular formula is C10H15NO2. The molecule has 0 aliphatic rings. The van der Waals surface area contributed by atoms with Crippen LogP contribution in [0.2, 0.25) is 0 Å². The highest BCUT2D eigenvalue weighted by atomic mass is 16.4. The molecule has 0 heterocycles. The fourth-order valence-corrected chi connectivity index (χ4v) is 0.671. The lowest BCUT2D eigenvalue weighted by Gasteiger charge is -2.17. The number of hydrogen-bond acceptors (Lipinski definition) is 1. The Labute approximate surface area is 78.7 Å². The van der Waals surface area contributed by atoms with Gasteiger partial charge in [-0.05, 0) is 6.92 Å².